The van der Waals surface area contributed by atoms with Gasteiger partial charge < -0.3 is 10.4 Å². The van der Waals surface area contributed by atoms with Gasteiger partial charge in [-0.2, -0.15) is 11.8 Å². The first-order valence-corrected chi connectivity index (χ1v) is 6.62. The molecule has 0 bridgehead atoms. The standard InChI is InChI=1S/C12H15F2NO2S/c1-8(5-16)6-18-7-12(17)15-9-2-3-10(13)11(14)4-9/h2-4,8,16H,5-7H2,1H3,(H,15,17). The number of hydrogen-bond acceptors (Lipinski definition) is 3. The van der Waals surface area contributed by atoms with Gasteiger partial charge in [0.05, 0.1) is 5.75 Å². The first kappa shape index (κ1) is 14.9. The predicted octanol–water partition coefficient (Wildman–Crippen LogP) is 2.26. The lowest BCUT2D eigenvalue weighted by Crippen LogP contribution is -2.15. The van der Waals surface area contributed by atoms with Crippen molar-refractivity contribution in [1.29, 1.82) is 0 Å². The molecule has 3 nitrogen and oxygen atoms in total. The van der Waals surface area contributed by atoms with Gasteiger partial charge >= 0.3 is 0 Å². The summed E-state index contributed by atoms with van der Waals surface area (Å²) in [6.45, 7) is 1.96. The van der Waals surface area contributed by atoms with Crippen molar-refractivity contribution >= 4 is 23.4 Å². The number of nitrogens with one attached hydrogen (secondary N) is 1. The molecule has 0 aromatic heterocycles. The molecule has 18 heavy (non-hydrogen) atoms. The Labute approximate surface area is 109 Å². The van der Waals surface area contributed by atoms with Crippen LogP contribution in [0.15, 0.2) is 18.2 Å². The average molecular weight is 275 g/mol. The maximum Gasteiger partial charge on any atom is 0.234 e. The molecular formula is C12H15F2NO2S. The largest absolute Gasteiger partial charge is 0.396 e. The summed E-state index contributed by atoms with van der Waals surface area (Å²) in [7, 11) is 0. The Bertz CT molecular complexity index is 415. The monoisotopic (exact) mass is 275 g/mol. The van der Waals surface area contributed by atoms with Crippen molar-refractivity contribution < 1.29 is 18.7 Å². The Morgan fingerprint density at radius 1 is 1.44 bits per heavy atom. The number of aliphatic hydroxyl groups is 1. The normalized spacial score (nSPS) is 12.2. The molecule has 2 N–H and O–H groups in total. The van der Waals surface area contributed by atoms with Gasteiger partial charge in [0, 0.05) is 18.4 Å². The van der Waals surface area contributed by atoms with E-state index in [0.717, 1.165) is 12.1 Å². The minimum absolute atomic E-state index is 0.0811. The number of hydrogen-bond donors (Lipinski definition) is 2. The van der Waals surface area contributed by atoms with E-state index in [9.17, 15) is 13.6 Å². The van der Waals surface area contributed by atoms with E-state index in [1.165, 1.54) is 17.8 Å². The van der Waals surface area contributed by atoms with Crippen molar-refractivity contribution in [2.24, 2.45) is 5.92 Å². The smallest absolute Gasteiger partial charge is 0.234 e. The second-order valence-corrected chi connectivity index (χ2v) is 5.01. The van der Waals surface area contributed by atoms with Gasteiger partial charge in [-0.3, -0.25) is 4.79 Å². The summed E-state index contributed by atoms with van der Waals surface area (Å²) >= 11 is 1.38. The van der Waals surface area contributed by atoms with Gasteiger partial charge in [0.2, 0.25) is 5.91 Å². The highest BCUT2D eigenvalue weighted by Crippen LogP contribution is 2.14. The van der Waals surface area contributed by atoms with E-state index < -0.39 is 11.6 Å². The quantitative estimate of drug-likeness (QED) is 0.837. The molecular weight excluding hydrogens is 260 g/mol. The van der Waals surface area contributed by atoms with Crippen molar-refractivity contribution in [3.63, 3.8) is 0 Å². The summed E-state index contributed by atoms with van der Waals surface area (Å²) in [5, 5.41) is 11.3. The molecule has 6 heteroatoms. The van der Waals surface area contributed by atoms with Crippen LogP contribution in [0.4, 0.5) is 14.5 Å². The zero-order valence-corrected chi connectivity index (χ0v) is 10.8. The molecule has 0 fully saturated rings. The summed E-state index contributed by atoms with van der Waals surface area (Å²) in [5.74, 6) is -1.21. The molecule has 0 radical (unpaired) electrons. The number of thioether (sulfide) groups is 1. The molecule has 1 atom stereocenters. The zero-order valence-electron chi connectivity index (χ0n) is 9.95. The molecule has 1 unspecified atom stereocenters. The van der Waals surface area contributed by atoms with Crippen molar-refractivity contribution in [3.05, 3.63) is 29.8 Å². The van der Waals surface area contributed by atoms with E-state index in [4.69, 9.17) is 5.11 Å². The Hall–Kier alpha value is -1.14. The second-order valence-electron chi connectivity index (χ2n) is 3.98. The fourth-order valence-electron chi connectivity index (χ4n) is 1.18. The summed E-state index contributed by atoms with van der Waals surface area (Å²) < 4.78 is 25.5. The molecule has 1 rings (SSSR count). The number of carbonyl (C=O) groups excluding carboxylic acids is 1. The first-order valence-electron chi connectivity index (χ1n) is 5.46. The van der Waals surface area contributed by atoms with Gasteiger partial charge in [-0.1, -0.05) is 6.92 Å². The predicted molar refractivity (Wildman–Crippen MR) is 68.6 cm³/mol. The molecule has 100 valence electrons. The van der Waals surface area contributed by atoms with E-state index in [-0.39, 0.29) is 29.9 Å². The van der Waals surface area contributed by atoms with E-state index in [0.29, 0.717) is 5.75 Å². The highest BCUT2D eigenvalue weighted by atomic mass is 32.2. The van der Waals surface area contributed by atoms with Crippen molar-refractivity contribution in [3.8, 4) is 0 Å². The Morgan fingerprint density at radius 2 is 2.17 bits per heavy atom. The lowest BCUT2D eigenvalue weighted by Gasteiger charge is -2.08. The minimum Gasteiger partial charge on any atom is -0.396 e. The maximum atomic E-state index is 12.9. The van der Waals surface area contributed by atoms with Crippen LogP contribution in [0.3, 0.4) is 0 Å². The summed E-state index contributed by atoms with van der Waals surface area (Å²) in [6.07, 6.45) is 0. The van der Waals surface area contributed by atoms with E-state index in [1.54, 1.807) is 0 Å². The molecule has 0 aliphatic heterocycles. The van der Waals surface area contributed by atoms with Gasteiger partial charge in [-0.15, -0.1) is 0 Å². The van der Waals surface area contributed by atoms with Crippen LogP contribution >= 0.6 is 11.8 Å². The number of benzene rings is 1. The number of anilines is 1. The van der Waals surface area contributed by atoms with Crippen molar-refractivity contribution in [2.45, 2.75) is 6.92 Å². The van der Waals surface area contributed by atoms with Gasteiger partial charge in [0.15, 0.2) is 11.6 Å². The SMILES string of the molecule is CC(CO)CSCC(=O)Nc1ccc(F)c(F)c1. The van der Waals surface area contributed by atoms with Crippen LogP contribution in [0.25, 0.3) is 0 Å². The number of rotatable bonds is 6. The van der Waals surface area contributed by atoms with E-state index >= 15 is 0 Å². The Morgan fingerprint density at radius 3 is 2.78 bits per heavy atom. The van der Waals surface area contributed by atoms with Crippen LogP contribution in [0.5, 0.6) is 0 Å². The fraction of sp³-hybridized carbons (Fsp3) is 0.417. The molecule has 0 saturated heterocycles. The summed E-state index contributed by atoms with van der Waals surface area (Å²) in [4.78, 5) is 11.5. The van der Waals surface area contributed by atoms with Gasteiger partial charge in [0.1, 0.15) is 0 Å². The van der Waals surface area contributed by atoms with Gasteiger partial charge in [-0.25, -0.2) is 8.78 Å². The number of halogens is 2. The highest BCUT2D eigenvalue weighted by Gasteiger charge is 2.07. The van der Waals surface area contributed by atoms with Crippen LogP contribution in [-0.4, -0.2) is 29.1 Å². The van der Waals surface area contributed by atoms with Gasteiger partial charge in [-0.05, 0) is 23.8 Å². The third kappa shape index (κ3) is 5.01. The maximum absolute atomic E-state index is 12.9. The van der Waals surface area contributed by atoms with Crippen molar-refractivity contribution in [1.82, 2.24) is 0 Å². The number of aliphatic hydroxyl groups excluding tert-OH is 1. The second kappa shape index (κ2) is 7.33. The molecule has 1 amide bonds. The molecule has 1 aromatic rings. The topological polar surface area (TPSA) is 49.3 Å². The molecule has 0 aliphatic carbocycles. The Kier molecular flexibility index (Phi) is 6.07. The molecule has 0 heterocycles. The molecule has 0 aliphatic rings. The van der Waals surface area contributed by atoms with Crippen LogP contribution < -0.4 is 5.32 Å². The first-order chi connectivity index (χ1) is 8.52. The highest BCUT2D eigenvalue weighted by molar-refractivity contribution is 7.99. The molecule has 1 aromatic carbocycles. The zero-order chi connectivity index (χ0) is 13.5. The lowest BCUT2D eigenvalue weighted by molar-refractivity contribution is -0.113. The lowest BCUT2D eigenvalue weighted by atomic mass is 10.2. The summed E-state index contributed by atoms with van der Waals surface area (Å²) in [5.41, 5.74) is 0.231. The Balaban J connectivity index is 2.38. The number of amides is 1. The van der Waals surface area contributed by atoms with Crippen LogP contribution in [0.1, 0.15) is 6.92 Å². The summed E-state index contributed by atoms with van der Waals surface area (Å²) in [6, 6.07) is 3.21. The third-order valence-corrected chi connectivity index (χ3v) is 3.42. The van der Waals surface area contributed by atoms with Crippen LogP contribution in [0, 0.1) is 17.6 Å². The number of carbonyl (C=O) groups is 1. The average Bonchev–Trinajstić information content (AvgIpc) is 2.33. The van der Waals surface area contributed by atoms with Crippen molar-refractivity contribution in [2.75, 3.05) is 23.4 Å². The minimum atomic E-state index is -0.991. The van der Waals surface area contributed by atoms with E-state index in [1.807, 2.05) is 6.92 Å². The fourth-order valence-corrected chi connectivity index (χ4v) is 2.06. The van der Waals surface area contributed by atoms with Crippen LogP contribution in [-0.2, 0) is 4.79 Å². The van der Waals surface area contributed by atoms with E-state index in [2.05, 4.69) is 5.32 Å². The van der Waals surface area contributed by atoms with Gasteiger partial charge in [0.25, 0.3) is 0 Å². The molecule has 0 saturated carbocycles. The molecule has 0 spiro atoms. The third-order valence-electron chi connectivity index (χ3n) is 2.15. The van der Waals surface area contributed by atoms with Crippen LogP contribution in [0.2, 0.25) is 0 Å².